The van der Waals surface area contributed by atoms with Gasteiger partial charge in [0.15, 0.2) is 0 Å². The Labute approximate surface area is 110 Å². The molecule has 2 amide bonds. The molecule has 1 aromatic heterocycles. The van der Waals surface area contributed by atoms with Crippen LogP contribution in [-0.2, 0) is 4.79 Å². The third kappa shape index (κ3) is 3.46. The minimum atomic E-state index is -1.24. The molecule has 0 saturated carbocycles. The number of urea groups is 1. The number of hydrogen-bond acceptors (Lipinski definition) is 3. The van der Waals surface area contributed by atoms with E-state index < -0.39 is 17.5 Å². The number of nitrogens with one attached hydrogen (secondary N) is 2. The van der Waals surface area contributed by atoms with Crippen molar-refractivity contribution in [3.63, 3.8) is 0 Å². The number of carboxylic acids is 1. The molecule has 0 radical (unpaired) electrons. The highest BCUT2D eigenvalue weighted by Crippen LogP contribution is 2.16. The molecule has 0 bridgehead atoms. The second-order valence-electron chi connectivity index (χ2n) is 4.37. The Morgan fingerprint density at radius 3 is 2.67 bits per heavy atom. The molecule has 3 N–H and O–H groups in total. The van der Waals surface area contributed by atoms with E-state index in [2.05, 4.69) is 10.6 Å². The maximum absolute atomic E-state index is 11.7. The van der Waals surface area contributed by atoms with Crippen molar-refractivity contribution in [3.05, 3.63) is 22.4 Å². The molecule has 0 aliphatic carbocycles. The molecule has 100 valence electrons. The third-order valence-electron chi connectivity index (χ3n) is 2.96. The maximum atomic E-state index is 11.7. The van der Waals surface area contributed by atoms with Crippen molar-refractivity contribution in [2.24, 2.45) is 0 Å². The molecule has 1 aromatic rings. The van der Waals surface area contributed by atoms with Crippen LogP contribution in [0.1, 0.15) is 38.8 Å². The van der Waals surface area contributed by atoms with Crippen molar-refractivity contribution in [2.45, 2.75) is 38.8 Å². The Hall–Kier alpha value is -1.56. The van der Waals surface area contributed by atoms with Gasteiger partial charge in [-0.15, -0.1) is 0 Å². The predicted molar refractivity (Wildman–Crippen MR) is 70.7 cm³/mol. The van der Waals surface area contributed by atoms with E-state index in [4.69, 9.17) is 5.11 Å². The van der Waals surface area contributed by atoms with Gasteiger partial charge < -0.3 is 15.7 Å². The first-order valence-electron chi connectivity index (χ1n) is 5.73. The highest BCUT2D eigenvalue weighted by Gasteiger charge is 2.33. The molecule has 1 rings (SSSR count). The lowest BCUT2D eigenvalue weighted by molar-refractivity contribution is -0.143. The van der Waals surface area contributed by atoms with Crippen LogP contribution in [0.4, 0.5) is 4.79 Å². The molecule has 0 aromatic carbocycles. The van der Waals surface area contributed by atoms with Crippen molar-refractivity contribution in [1.29, 1.82) is 0 Å². The fourth-order valence-corrected chi connectivity index (χ4v) is 2.14. The van der Waals surface area contributed by atoms with Gasteiger partial charge in [0.2, 0.25) is 0 Å². The van der Waals surface area contributed by atoms with Crippen LogP contribution in [0.2, 0.25) is 0 Å². The van der Waals surface area contributed by atoms with E-state index in [1.165, 1.54) is 6.92 Å². The first-order valence-corrected chi connectivity index (χ1v) is 6.67. The largest absolute Gasteiger partial charge is 0.480 e. The molecule has 2 atom stereocenters. The first kappa shape index (κ1) is 14.5. The third-order valence-corrected chi connectivity index (χ3v) is 3.66. The zero-order valence-corrected chi connectivity index (χ0v) is 11.5. The Bertz CT molecular complexity index is 419. The second-order valence-corrected chi connectivity index (χ2v) is 5.15. The Balaban J connectivity index is 2.59. The van der Waals surface area contributed by atoms with Crippen molar-refractivity contribution in [2.75, 3.05) is 0 Å². The van der Waals surface area contributed by atoms with Gasteiger partial charge in [0.25, 0.3) is 0 Å². The van der Waals surface area contributed by atoms with Crippen LogP contribution in [0, 0.1) is 0 Å². The molecular formula is C12H18N2O3S. The second kappa shape index (κ2) is 5.86. The van der Waals surface area contributed by atoms with E-state index in [9.17, 15) is 9.59 Å². The van der Waals surface area contributed by atoms with Gasteiger partial charge in [-0.3, -0.25) is 0 Å². The number of amides is 2. The van der Waals surface area contributed by atoms with Gasteiger partial charge in [-0.1, -0.05) is 6.92 Å². The molecule has 5 nitrogen and oxygen atoms in total. The summed E-state index contributed by atoms with van der Waals surface area (Å²) in [6.45, 7) is 5.06. The van der Waals surface area contributed by atoms with Gasteiger partial charge in [-0.2, -0.15) is 11.3 Å². The van der Waals surface area contributed by atoms with Crippen LogP contribution >= 0.6 is 11.3 Å². The number of carbonyl (C=O) groups excluding carboxylic acids is 1. The molecule has 0 spiro atoms. The van der Waals surface area contributed by atoms with Crippen molar-refractivity contribution in [1.82, 2.24) is 10.6 Å². The van der Waals surface area contributed by atoms with E-state index in [-0.39, 0.29) is 6.04 Å². The fourth-order valence-electron chi connectivity index (χ4n) is 1.38. The molecule has 18 heavy (non-hydrogen) atoms. The van der Waals surface area contributed by atoms with Crippen molar-refractivity contribution < 1.29 is 14.7 Å². The summed E-state index contributed by atoms with van der Waals surface area (Å²) < 4.78 is 0. The summed E-state index contributed by atoms with van der Waals surface area (Å²) in [5.41, 5.74) is -0.234. The van der Waals surface area contributed by atoms with E-state index in [1.54, 1.807) is 18.3 Å². The molecule has 0 saturated heterocycles. The van der Waals surface area contributed by atoms with Crippen LogP contribution in [-0.4, -0.2) is 22.6 Å². The number of carboxylic acid groups (broad SMARTS) is 1. The molecular weight excluding hydrogens is 252 g/mol. The van der Waals surface area contributed by atoms with E-state index in [0.29, 0.717) is 6.42 Å². The standard InChI is InChI=1S/C12H18N2O3S/c1-4-12(3,10(15)16)14-11(17)13-8(2)9-5-6-18-7-9/h5-8H,4H2,1-3H3,(H,15,16)(H2,13,14,17). The number of carbonyl (C=O) groups is 2. The normalized spacial score (nSPS) is 15.5. The zero-order valence-electron chi connectivity index (χ0n) is 10.7. The molecule has 6 heteroatoms. The fraction of sp³-hybridized carbons (Fsp3) is 0.500. The van der Waals surface area contributed by atoms with E-state index >= 15 is 0 Å². The average Bonchev–Trinajstić information content (AvgIpc) is 2.81. The first-order chi connectivity index (χ1) is 8.39. The van der Waals surface area contributed by atoms with Crippen molar-refractivity contribution in [3.8, 4) is 0 Å². The molecule has 0 fully saturated rings. The smallest absolute Gasteiger partial charge is 0.329 e. The van der Waals surface area contributed by atoms with Gasteiger partial charge in [0, 0.05) is 0 Å². The van der Waals surface area contributed by atoms with Crippen LogP contribution in [0.5, 0.6) is 0 Å². The molecule has 2 unspecified atom stereocenters. The summed E-state index contributed by atoms with van der Waals surface area (Å²) in [6.07, 6.45) is 0.322. The van der Waals surface area contributed by atoms with Gasteiger partial charge in [0.05, 0.1) is 6.04 Å². The Morgan fingerprint density at radius 1 is 1.56 bits per heavy atom. The van der Waals surface area contributed by atoms with Crippen LogP contribution in [0.3, 0.4) is 0 Å². The lowest BCUT2D eigenvalue weighted by atomic mass is 10.00. The highest BCUT2D eigenvalue weighted by molar-refractivity contribution is 7.07. The summed E-state index contributed by atoms with van der Waals surface area (Å²) in [4.78, 5) is 22.8. The number of hydrogen-bond donors (Lipinski definition) is 3. The Morgan fingerprint density at radius 2 is 2.22 bits per heavy atom. The lowest BCUT2D eigenvalue weighted by Crippen LogP contribution is -2.55. The SMILES string of the molecule is CCC(C)(NC(=O)NC(C)c1ccsc1)C(=O)O. The summed E-state index contributed by atoms with van der Waals surface area (Å²) in [6, 6.07) is 1.30. The minimum Gasteiger partial charge on any atom is -0.480 e. The highest BCUT2D eigenvalue weighted by atomic mass is 32.1. The van der Waals surface area contributed by atoms with E-state index in [1.807, 2.05) is 23.8 Å². The summed E-state index contributed by atoms with van der Waals surface area (Å²) in [7, 11) is 0. The minimum absolute atomic E-state index is 0.147. The summed E-state index contributed by atoms with van der Waals surface area (Å²) >= 11 is 1.55. The maximum Gasteiger partial charge on any atom is 0.329 e. The molecule has 0 aliphatic heterocycles. The number of rotatable bonds is 5. The molecule has 1 heterocycles. The monoisotopic (exact) mass is 270 g/mol. The topological polar surface area (TPSA) is 78.4 Å². The van der Waals surface area contributed by atoms with E-state index in [0.717, 1.165) is 5.56 Å². The van der Waals surface area contributed by atoms with Crippen LogP contribution < -0.4 is 10.6 Å². The van der Waals surface area contributed by atoms with Gasteiger partial charge >= 0.3 is 12.0 Å². The lowest BCUT2D eigenvalue weighted by Gasteiger charge is -2.25. The van der Waals surface area contributed by atoms with Gasteiger partial charge in [0.1, 0.15) is 5.54 Å². The number of thiophene rings is 1. The summed E-state index contributed by atoms with van der Waals surface area (Å²) in [5, 5.41) is 18.1. The van der Waals surface area contributed by atoms with Crippen LogP contribution in [0.15, 0.2) is 16.8 Å². The van der Waals surface area contributed by atoms with Gasteiger partial charge in [-0.25, -0.2) is 9.59 Å². The average molecular weight is 270 g/mol. The zero-order chi connectivity index (χ0) is 13.8. The summed E-state index contributed by atoms with van der Waals surface area (Å²) in [5.74, 6) is -1.04. The van der Waals surface area contributed by atoms with Gasteiger partial charge in [-0.05, 0) is 42.7 Å². The van der Waals surface area contributed by atoms with Crippen LogP contribution in [0.25, 0.3) is 0 Å². The number of aliphatic carboxylic acids is 1. The van der Waals surface area contributed by atoms with Crippen molar-refractivity contribution >= 4 is 23.3 Å². The quantitative estimate of drug-likeness (QED) is 0.768. The Kier molecular flexibility index (Phi) is 4.72. The molecule has 0 aliphatic rings. The predicted octanol–water partition coefficient (Wildman–Crippen LogP) is 2.36.